The van der Waals surface area contributed by atoms with Crippen molar-refractivity contribution in [3.05, 3.63) is 46.3 Å². The number of aryl methyl sites for hydroxylation is 1. The quantitative estimate of drug-likeness (QED) is 0.684. The van der Waals surface area contributed by atoms with Gasteiger partial charge < -0.3 is 10.2 Å². The van der Waals surface area contributed by atoms with Gasteiger partial charge in [-0.1, -0.05) is 12.1 Å². The molecule has 0 fully saturated rings. The van der Waals surface area contributed by atoms with Gasteiger partial charge >= 0.3 is 0 Å². The molecular formula is C13H15N5O3. The molecule has 0 aliphatic carbocycles. The van der Waals surface area contributed by atoms with Crippen molar-refractivity contribution in [2.75, 3.05) is 19.4 Å². The number of carbonyl (C=O) groups is 1. The zero-order chi connectivity index (χ0) is 15.6. The second-order valence-electron chi connectivity index (χ2n) is 4.63. The predicted octanol–water partition coefficient (Wildman–Crippen LogP) is 1.77. The highest BCUT2D eigenvalue weighted by atomic mass is 16.6. The molecule has 1 aromatic heterocycles. The van der Waals surface area contributed by atoms with Crippen molar-refractivity contribution in [3.8, 4) is 0 Å². The number of rotatable bonds is 4. The topological polar surface area (TPSA) is 93.3 Å². The first-order valence-corrected chi connectivity index (χ1v) is 6.16. The number of nitrogens with zero attached hydrogens (tertiary/aromatic N) is 4. The van der Waals surface area contributed by atoms with Gasteiger partial charge in [-0.25, -0.2) is 0 Å². The molecule has 0 aliphatic rings. The molecule has 1 aromatic carbocycles. The summed E-state index contributed by atoms with van der Waals surface area (Å²) < 4.78 is 1.43. The van der Waals surface area contributed by atoms with Crippen LogP contribution in [-0.2, 0) is 7.05 Å². The zero-order valence-electron chi connectivity index (χ0n) is 11.9. The van der Waals surface area contributed by atoms with Crippen LogP contribution in [-0.4, -0.2) is 39.6 Å². The molecule has 0 radical (unpaired) electrons. The fourth-order valence-corrected chi connectivity index (χ4v) is 1.88. The van der Waals surface area contributed by atoms with Crippen LogP contribution in [0, 0.1) is 10.1 Å². The van der Waals surface area contributed by atoms with Crippen molar-refractivity contribution in [2.24, 2.45) is 7.05 Å². The lowest BCUT2D eigenvalue weighted by Crippen LogP contribution is -2.25. The highest BCUT2D eigenvalue weighted by Gasteiger charge is 2.21. The molecule has 0 saturated carbocycles. The highest BCUT2D eigenvalue weighted by molar-refractivity contribution is 5.98. The number of hydrogen-bond donors (Lipinski definition) is 1. The lowest BCUT2D eigenvalue weighted by molar-refractivity contribution is -0.383. The lowest BCUT2D eigenvalue weighted by Gasteiger charge is -2.13. The van der Waals surface area contributed by atoms with Crippen LogP contribution in [0.4, 0.5) is 17.1 Å². The van der Waals surface area contributed by atoms with Gasteiger partial charge in [0.1, 0.15) is 11.4 Å². The fourth-order valence-electron chi connectivity index (χ4n) is 1.88. The zero-order valence-corrected chi connectivity index (χ0v) is 11.9. The molecular weight excluding hydrogens is 274 g/mol. The van der Waals surface area contributed by atoms with Crippen molar-refractivity contribution in [3.63, 3.8) is 0 Å². The predicted molar refractivity (Wildman–Crippen MR) is 77.6 cm³/mol. The van der Waals surface area contributed by atoms with Gasteiger partial charge in [0.2, 0.25) is 0 Å². The molecule has 0 atom stereocenters. The number of hydrogen-bond acceptors (Lipinski definition) is 5. The van der Waals surface area contributed by atoms with Crippen LogP contribution in [0.3, 0.4) is 0 Å². The molecule has 2 rings (SSSR count). The minimum Gasteiger partial charge on any atom is -0.347 e. The number of aromatic nitrogens is 2. The van der Waals surface area contributed by atoms with Crippen LogP contribution < -0.4 is 5.32 Å². The van der Waals surface area contributed by atoms with Crippen molar-refractivity contribution >= 4 is 23.0 Å². The van der Waals surface area contributed by atoms with E-state index in [2.05, 4.69) is 10.4 Å². The normalized spacial score (nSPS) is 10.2. The first kappa shape index (κ1) is 14.5. The van der Waals surface area contributed by atoms with E-state index in [0.29, 0.717) is 17.1 Å². The number of carbonyl (C=O) groups excluding carboxylic acids is 1. The van der Waals surface area contributed by atoms with Crippen LogP contribution in [0.2, 0.25) is 0 Å². The average molecular weight is 289 g/mol. The Bertz CT molecular complexity index is 693. The van der Waals surface area contributed by atoms with E-state index in [-0.39, 0.29) is 11.6 Å². The van der Waals surface area contributed by atoms with E-state index in [0.717, 1.165) is 0 Å². The number of nitro benzene ring substituents is 1. The summed E-state index contributed by atoms with van der Waals surface area (Å²) in [7, 11) is 4.90. The molecule has 0 unspecified atom stereocenters. The molecule has 8 heteroatoms. The van der Waals surface area contributed by atoms with E-state index in [1.54, 1.807) is 39.3 Å². The Morgan fingerprint density at radius 2 is 2.00 bits per heavy atom. The van der Waals surface area contributed by atoms with Gasteiger partial charge in [-0.15, -0.1) is 0 Å². The molecule has 21 heavy (non-hydrogen) atoms. The summed E-state index contributed by atoms with van der Waals surface area (Å²) in [5.41, 5.74) is 0.997. The number of anilines is 2. The standard InChI is InChI=1S/C13H15N5O3/c1-16(2)13(19)12-10(8-14-17(12)3)15-9-6-4-5-7-11(9)18(20)21/h4-8,15H,1-3H3. The minimum absolute atomic E-state index is 0.0652. The minimum atomic E-state index is -0.480. The van der Waals surface area contributed by atoms with Gasteiger partial charge in [0, 0.05) is 27.2 Å². The number of nitro groups is 1. The Labute approximate surface area is 121 Å². The smallest absolute Gasteiger partial charge is 0.292 e. The van der Waals surface area contributed by atoms with Gasteiger partial charge in [0.15, 0.2) is 0 Å². The maximum Gasteiger partial charge on any atom is 0.292 e. The van der Waals surface area contributed by atoms with Crippen molar-refractivity contribution in [2.45, 2.75) is 0 Å². The summed E-state index contributed by atoms with van der Waals surface area (Å²) in [6.07, 6.45) is 1.47. The third-order valence-electron chi connectivity index (χ3n) is 2.92. The molecule has 1 amide bonds. The molecule has 110 valence electrons. The molecule has 0 aliphatic heterocycles. The van der Waals surface area contributed by atoms with E-state index >= 15 is 0 Å². The van der Waals surface area contributed by atoms with E-state index in [1.165, 1.54) is 21.8 Å². The van der Waals surface area contributed by atoms with E-state index in [9.17, 15) is 14.9 Å². The van der Waals surface area contributed by atoms with Crippen molar-refractivity contribution < 1.29 is 9.72 Å². The first-order valence-electron chi connectivity index (χ1n) is 6.16. The van der Waals surface area contributed by atoms with Crippen LogP contribution in [0.5, 0.6) is 0 Å². The number of amides is 1. The summed E-state index contributed by atoms with van der Waals surface area (Å²) in [6, 6.07) is 6.23. The monoisotopic (exact) mass is 289 g/mol. The summed E-state index contributed by atoms with van der Waals surface area (Å²) >= 11 is 0. The maximum atomic E-state index is 12.1. The molecule has 0 spiro atoms. The summed E-state index contributed by atoms with van der Waals surface area (Å²) in [5.74, 6) is -0.240. The SMILES string of the molecule is CN(C)C(=O)c1c(Nc2ccccc2[N+](=O)[O-])cnn1C. The highest BCUT2D eigenvalue weighted by Crippen LogP contribution is 2.28. The van der Waals surface area contributed by atoms with E-state index < -0.39 is 4.92 Å². The van der Waals surface area contributed by atoms with Crippen molar-refractivity contribution in [1.29, 1.82) is 0 Å². The summed E-state index contributed by atoms with van der Waals surface area (Å²) in [5, 5.41) is 17.9. The molecule has 1 heterocycles. The van der Waals surface area contributed by atoms with Gasteiger partial charge in [-0.3, -0.25) is 19.6 Å². The van der Waals surface area contributed by atoms with Crippen LogP contribution in [0.15, 0.2) is 30.5 Å². The molecule has 0 saturated heterocycles. The van der Waals surface area contributed by atoms with E-state index in [4.69, 9.17) is 0 Å². The number of benzene rings is 1. The van der Waals surface area contributed by atoms with Gasteiger partial charge in [-0.05, 0) is 6.07 Å². The van der Waals surface area contributed by atoms with Crippen LogP contribution >= 0.6 is 0 Å². The second-order valence-corrected chi connectivity index (χ2v) is 4.63. The fraction of sp³-hybridized carbons (Fsp3) is 0.231. The van der Waals surface area contributed by atoms with Gasteiger partial charge in [-0.2, -0.15) is 5.10 Å². The Hall–Kier alpha value is -2.90. The van der Waals surface area contributed by atoms with Gasteiger partial charge in [0.05, 0.1) is 16.8 Å². The molecule has 0 bridgehead atoms. The summed E-state index contributed by atoms with van der Waals surface area (Å²) in [4.78, 5) is 24.1. The number of nitrogens with one attached hydrogen (secondary N) is 1. The largest absolute Gasteiger partial charge is 0.347 e. The molecule has 2 aromatic rings. The third kappa shape index (κ3) is 2.83. The van der Waals surface area contributed by atoms with Crippen molar-refractivity contribution in [1.82, 2.24) is 14.7 Å². The molecule has 8 nitrogen and oxygen atoms in total. The van der Waals surface area contributed by atoms with E-state index in [1.807, 2.05) is 0 Å². The number of para-hydroxylation sites is 2. The summed E-state index contributed by atoms with van der Waals surface area (Å²) in [6.45, 7) is 0. The lowest BCUT2D eigenvalue weighted by atomic mass is 10.2. The van der Waals surface area contributed by atoms with Gasteiger partial charge in [0.25, 0.3) is 11.6 Å². The third-order valence-corrected chi connectivity index (χ3v) is 2.92. The Balaban J connectivity index is 2.42. The molecule has 1 N–H and O–H groups in total. The average Bonchev–Trinajstić information content (AvgIpc) is 2.79. The Kier molecular flexibility index (Phi) is 3.88. The Morgan fingerprint density at radius 1 is 1.33 bits per heavy atom. The maximum absolute atomic E-state index is 12.1. The van der Waals surface area contributed by atoms with Crippen LogP contribution in [0.25, 0.3) is 0 Å². The van der Waals surface area contributed by atoms with Crippen LogP contribution in [0.1, 0.15) is 10.5 Å². The second kappa shape index (κ2) is 5.61. The Morgan fingerprint density at radius 3 is 2.62 bits per heavy atom. The first-order chi connectivity index (χ1) is 9.91.